The molecule has 0 radical (unpaired) electrons. The molecular formula is C36H35ClFN3O10. The van der Waals surface area contributed by atoms with E-state index >= 15 is 0 Å². The summed E-state index contributed by atoms with van der Waals surface area (Å²) in [4.78, 5) is 49.5. The number of carbonyl (C=O) groups excluding carboxylic acids is 3. The molecule has 6 rings (SSSR count). The predicted molar refractivity (Wildman–Crippen MR) is 182 cm³/mol. The lowest BCUT2D eigenvalue weighted by molar-refractivity contribution is -0.122. The molecule has 268 valence electrons. The maximum Gasteiger partial charge on any atom is 0.231 e. The minimum atomic E-state index is -2.09. The summed E-state index contributed by atoms with van der Waals surface area (Å²) in [7, 11) is 7.00. The van der Waals surface area contributed by atoms with Crippen LogP contribution in [-0.4, -0.2) is 73.7 Å². The lowest BCUT2D eigenvalue weighted by atomic mass is 9.69. The molecule has 0 fully saturated rings. The summed E-state index contributed by atoms with van der Waals surface area (Å²) < 4.78 is 47.5. The summed E-state index contributed by atoms with van der Waals surface area (Å²) in [5, 5.41) is 15.0. The molecule has 51 heavy (non-hydrogen) atoms. The van der Waals surface area contributed by atoms with E-state index in [1.807, 2.05) is 0 Å². The van der Waals surface area contributed by atoms with Crippen molar-refractivity contribution in [3.05, 3.63) is 75.5 Å². The average molecular weight is 724 g/mol. The first-order valence-corrected chi connectivity index (χ1v) is 16.2. The van der Waals surface area contributed by atoms with Crippen LogP contribution in [0.4, 0.5) is 4.39 Å². The largest absolute Gasteiger partial charge is 0.507 e. The number of nitrogens with one attached hydrogen (secondary N) is 2. The number of aliphatic hydroxyl groups is 1. The third kappa shape index (κ3) is 5.82. The van der Waals surface area contributed by atoms with Crippen LogP contribution in [0.3, 0.4) is 0 Å². The van der Waals surface area contributed by atoms with Gasteiger partial charge in [-0.2, -0.15) is 0 Å². The number of ether oxygens (including phenoxy) is 6. The fourth-order valence-electron chi connectivity index (χ4n) is 6.79. The molecule has 0 saturated carbocycles. The first-order chi connectivity index (χ1) is 24.4. The molecule has 1 spiro atoms. The molecule has 1 amide bonds. The van der Waals surface area contributed by atoms with Crippen molar-refractivity contribution in [3.8, 4) is 34.5 Å². The van der Waals surface area contributed by atoms with Crippen molar-refractivity contribution in [2.75, 3.05) is 35.5 Å². The molecule has 2 heterocycles. The third-order valence-electron chi connectivity index (χ3n) is 9.28. The van der Waals surface area contributed by atoms with Crippen LogP contribution < -0.4 is 33.7 Å². The van der Waals surface area contributed by atoms with Crippen molar-refractivity contribution in [2.24, 2.45) is 5.92 Å². The second-order valence-electron chi connectivity index (χ2n) is 12.1. The molecule has 3 unspecified atom stereocenters. The summed E-state index contributed by atoms with van der Waals surface area (Å²) >= 11 is 6.61. The Morgan fingerprint density at radius 3 is 2.33 bits per heavy atom. The van der Waals surface area contributed by atoms with Crippen LogP contribution >= 0.6 is 11.6 Å². The monoisotopic (exact) mass is 723 g/mol. The number of rotatable bonds is 11. The van der Waals surface area contributed by atoms with Crippen molar-refractivity contribution >= 4 is 40.1 Å². The maximum absolute atomic E-state index is 14.4. The van der Waals surface area contributed by atoms with Crippen molar-refractivity contribution < 1.29 is 52.3 Å². The smallest absolute Gasteiger partial charge is 0.231 e. The lowest BCUT2D eigenvalue weighted by Crippen LogP contribution is -2.53. The van der Waals surface area contributed by atoms with Gasteiger partial charge in [0.1, 0.15) is 33.7 Å². The van der Waals surface area contributed by atoms with E-state index in [0.717, 1.165) is 0 Å². The van der Waals surface area contributed by atoms with E-state index in [2.05, 4.69) is 15.3 Å². The summed E-state index contributed by atoms with van der Waals surface area (Å²) in [6.45, 7) is 1.54. The van der Waals surface area contributed by atoms with Crippen LogP contribution in [0.1, 0.15) is 47.4 Å². The van der Waals surface area contributed by atoms with Gasteiger partial charge in [0.15, 0.2) is 28.8 Å². The Labute approximate surface area is 296 Å². The first kappa shape index (κ1) is 35.3. The Morgan fingerprint density at radius 2 is 1.71 bits per heavy atom. The van der Waals surface area contributed by atoms with Gasteiger partial charge >= 0.3 is 0 Å². The van der Waals surface area contributed by atoms with Gasteiger partial charge in [0, 0.05) is 36.3 Å². The number of halogens is 2. The molecule has 3 aromatic carbocycles. The number of imidazole rings is 1. The number of benzene rings is 3. The van der Waals surface area contributed by atoms with Gasteiger partial charge in [-0.05, 0) is 35.9 Å². The number of H-pyrrole nitrogens is 1. The Balaban J connectivity index is 1.46. The van der Waals surface area contributed by atoms with E-state index in [4.69, 9.17) is 40.0 Å². The van der Waals surface area contributed by atoms with Gasteiger partial charge in [-0.25, -0.2) is 9.37 Å². The van der Waals surface area contributed by atoms with Gasteiger partial charge in [-0.1, -0.05) is 18.5 Å². The van der Waals surface area contributed by atoms with Crippen LogP contribution in [0, 0.1) is 11.7 Å². The number of ketones is 2. The highest BCUT2D eigenvalue weighted by Crippen LogP contribution is 2.56. The highest BCUT2D eigenvalue weighted by molar-refractivity contribution is 6.35. The normalized spacial score (nSPS) is 18.8. The van der Waals surface area contributed by atoms with Crippen molar-refractivity contribution in [1.82, 2.24) is 15.3 Å². The minimum Gasteiger partial charge on any atom is -0.507 e. The fraction of sp³-hybridized carbons (Fsp3) is 0.333. The zero-order valence-electron chi connectivity index (χ0n) is 28.6. The van der Waals surface area contributed by atoms with E-state index < -0.39 is 46.5 Å². The molecule has 3 atom stereocenters. The number of hydrogen-bond donors (Lipinski definition) is 3. The van der Waals surface area contributed by atoms with E-state index in [-0.39, 0.29) is 70.0 Å². The number of carbonyl (C=O) groups is 3. The number of amides is 1. The topological polar surface area (TPSA) is 168 Å². The quantitative estimate of drug-likeness (QED) is 0.176. The number of aromatic amines is 1. The zero-order valence-corrected chi connectivity index (χ0v) is 29.3. The number of nitrogens with zero attached hydrogens (tertiary/aromatic N) is 1. The van der Waals surface area contributed by atoms with Crippen LogP contribution in [0.5, 0.6) is 34.5 Å². The molecule has 1 aromatic heterocycles. The van der Waals surface area contributed by atoms with Crippen molar-refractivity contribution in [2.45, 2.75) is 37.8 Å². The predicted octanol–water partition coefficient (Wildman–Crippen LogP) is 5.62. The minimum absolute atomic E-state index is 0.0224. The Hall–Kier alpha value is -5.50. The Kier molecular flexibility index (Phi) is 9.47. The zero-order chi connectivity index (χ0) is 36.8. The average Bonchev–Trinajstić information content (AvgIpc) is 3.67. The molecule has 1 aliphatic heterocycles. The number of fused-ring (bicyclic) bond motifs is 2. The van der Waals surface area contributed by atoms with Crippen molar-refractivity contribution in [1.29, 1.82) is 0 Å². The van der Waals surface area contributed by atoms with E-state index in [0.29, 0.717) is 22.4 Å². The van der Waals surface area contributed by atoms with E-state index in [9.17, 15) is 23.9 Å². The highest BCUT2D eigenvalue weighted by atomic mass is 35.5. The number of methoxy groups -OCH3 is 5. The lowest BCUT2D eigenvalue weighted by Gasteiger charge is -2.38. The van der Waals surface area contributed by atoms with Gasteiger partial charge in [-0.3, -0.25) is 14.4 Å². The summed E-state index contributed by atoms with van der Waals surface area (Å²) in [6, 6.07) is 8.63. The molecule has 1 aliphatic carbocycles. The third-order valence-corrected chi connectivity index (χ3v) is 9.64. The van der Waals surface area contributed by atoms with Crippen LogP contribution in [-0.2, 0) is 16.1 Å². The molecule has 15 heteroatoms. The van der Waals surface area contributed by atoms with Gasteiger partial charge < -0.3 is 43.8 Å². The molecule has 4 aromatic rings. The van der Waals surface area contributed by atoms with E-state index in [1.165, 1.54) is 59.8 Å². The number of Topliss-reactive ketones (excluding diaryl/α,β-unsaturated/α-hetero) is 2. The van der Waals surface area contributed by atoms with Gasteiger partial charge in [0.05, 0.1) is 53.1 Å². The van der Waals surface area contributed by atoms with Crippen molar-refractivity contribution in [3.63, 3.8) is 0 Å². The molecule has 0 saturated heterocycles. The molecule has 2 aliphatic rings. The Morgan fingerprint density at radius 1 is 1.04 bits per heavy atom. The van der Waals surface area contributed by atoms with Crippen LogP contribution in [0.25, 0.3) is 11.0 Å². The fourth-order valence-corrected chi connectivity index (χ4v) is 7.05. The Bertz CT molecular complexity index is 2090. The van der Waals surface area contributed by atoms with Gasteiger partial charge in [0.25, 0.3) is 0 Å². The molecule has 0 bridgehead atoms. The first-order valence-electron chi connectivity index (χ1n) is 15.8. The second-order valence-corrected chi connectivity index (χ2v) is 12.5. The summed E-state index contributed by atoms with van der Waals surface area (Å²) in [5.41, 5.74) is -1.04. The maximum atomic E-state index is 14.4. The number of allylic oxidation sites excluding steroid dienone is 1. The number of aromatic nitrogens is 2. The number of aliphatic hydroxyl groups excluding tert-OH is 1. The SMILES string of the molecule is COc1cc(OC)c2c(c1Cl)OC1(C2=O)C(O)=C(C(CC(=O)NCc2nc3ccc(F)cc3[nH]2)c2cc(OC)c(OC)c(OC)c2)C(=O)CC1C. The number of hydrogen-bond acceptors (Lipinski definition) is 11. The van der Waals surface area contributed by atoms with E-state index in [1.54, 1.807) is 19.1 Å². The van der Waals surface area contributed by atoms with Crippen LogP contribution in [0.2, 0.25) is 5.02 Å². The van der Waals surface area contributed by atoms with Gasteiger partial charge in [0.2, 0.25) is 23.0 Å². The molecule has 3 N–H and O–H groups in total. The van der Waals surface area contributed by atoms with Crippen LogP contribution in [0.15, 0.2) is 47.7 Å². The molecule has 13 nitrogen and oxygen atoms in total. The highest BCUT2D eigenvalue weighted by Gasteiger charge is 2.61. The summed E-state index contributed by atoms with van der Waals surface area (Å²) in [5.74, 6) is -3.62. The van der Waals surface area contributed by atoms with Gasteiger partial charge in [-0.15, -0.1) is 0 Å². The second kappa shape index (κ2) is 13.7. The summed E-state index contributed by atoms with van der Waals surface area (Å²) in [6.07, 6.45) is -0.615. The molecular weight excluding hydrogens is 689 g/mol. The standard InChI is InChI=1S/C36H35ClFN3O10/c1-16-9-22(42)29(34(44)36(16)35(45)30-23(46-2)14-24(47-3)31(37)33(30)51-36)19(17-10-25(48-4)32(50-6)26(11-17)49-5)13-28(43)39-15-27-40-20-8-7-18(38)12-21(20)41-27/h7-8,10-12,14,16,19,44H,9,13,15H2,1-6H3,(H,39,43)(H,40,41).